The molecule has 5 heteroatoms. The van der Waals surface area contributed by atoms with Crippen molar-refractivity contribution in [3.63, 3.8) is 0 Å². The van der Waals surface area contributed by atoms with Crippen LogP contribution in [-0.4, -0.2) is 13.1 Å². The summed E-state index contributed by atoms with van der Waals surface area (Å²) in [5.74, 6) is 0.128. The Bertz CT molecular complexity index is 1070. The first-order valence-corrected chi connectivity index (χ1v) is 8.81. The molecule has 0 aliphatic carbocycles. The molecular weight excluding hydrogens is 374 g/mol. The lowest BCUT2D eigenvalue weighted by Crippen LogP contribution is -2.09. The van der Waals surface area contributed by atoms with Gasteiger partial charge in [0.25, 0.3) is 0 Å². The van der Waals surface area contributed by atoms with Crippen LogP contribution in [-0.2, 0) is 0 Å². The van der Waals surface area contributed by atoms with Crippen molar-refractivity contribution in [1.82, 2.24) is 0 Å². The lowest BCUT2D eigenvalue weighted by atomic mass is 10.0. The fourth-order valence-corrected chi connectivity index (χ4v) is 2.79. The largest absolute Gasteiger partial charge is 0.493 e. The Balaban J connectivity index is 1.87. The molecule has 0 aliphatic rings. The van der Waals surface area contributed by atoms with Gasteiger partial charge in [-0.15, -0.1) is 0 Å². The van der Waals surface area contributed by atoms with Gasteiger partial charge >= 0.3 is 5.97 Å². The molecule has 3 aromatic rings. The molecule has 0 aromatic heterocycles. The van der Waals surface area contributed by atoms with Crippen molar-refractivity contribution < 1.29 is 14.3 Å². The average molecular weight is 390 g/mol. The SMILES string of the molecule is COc1cc(/C=C(\C#N)c2ccccc2)ccc1OC(=O)c1cccc(Cl)c1. The van der Waals surface area contributed by atoms with Crippen LogP contribution in [0.25, 0.3) is 11.6 Å². The van der Waals surface area contributed by atoms with Gasteiger partial charge in [-0.1, -0.05) is 54.1 Å². The molecule has 3 aromatic carbocycles. The summed E-state index contributed by atoms with van der Waals surface area (Å²) in [5.41, 5.74) is 2.43. The van der Waals surface area contributed by atoms with E-state index in [1.165, 1.54) is 13.2 Å². The maximum Gasteiger partial charge on any atom is 0.343 e. The average Bonchev–Trinajstić information content (AvgIpc) is 2.73. The molecule has 0 amide bonds. The molecule has 0 bridgehead atoms. The molecule has 0 heterocycles. The molecule has 3 rings (SSSR count). The number of allylic oxidation sites excluding steroid dienone is 1. The van der Waals surface area contributed by atoms with Crippen LogP contribution >= 0.6 is 11.6 Å². The fraction of sp³-hybridized carbons (Fsp3) is 0.0435. The van der Waals surface area contributed by atoms with Gasteiger partial charge in [0.2, 0.25) is 0 Å². The molecular formula is C23H16ClNO3. The first kappa shape index (κ1) is 19.2. The molecule has 0 radical (unpaired) electrons. The van der Waals surface area contributed by atoms with Crippen LogP contribution in [0.15, 0.2) is 72.8 Å². The number of ether oxygens (including phenoxy) is 2. The number of hydrogen-bond acceptors (Lipinski definition) is 4. The minimum absolute atomic E-state index is 0.280. The maximum atomic E-state index is 12.3. The molecule has 28 heavy (non-hydrogen) atoms. The van der Waals surface area contributed by atoms with E-state index in [0.29, 0.717) is 21.9 Å². The maximum absolute atomic E-state index is 12.3. The molecule has 4 nitrogen and oxygen atoms in total. The first-order chi connectivity index (χ1) is 13.6. The lowest BCUT2D eigenvalue weighted by Gasteiger charge is -2.10. The number of halogens is 1. The summed E-state index contributed by atoms with van der Waals surface area (Å²) >= 11 is 5.92. The summed E-state index contributed by atoms with van der Waals surface area (Å²) < 4.78 is 10.8. The highest BCUT2D eigenvalue weighted by Gasteiger charge is 2.13. The van der Waals surface area contributed by atoms with Crippen LogP contribution in [0.5, 0.6) is 11.5 Å². The molecule has 0 atom stereocenters. The minimum atomic E-state index is -0.536. The van der Waals surface area contributed by atoms with Crippen LogP contribution < -0.4 is 9.47 Å². The monoisotopic (exact) mass is 389 g/mol. The normalized spacial score (nSPS) is 10.8. The standard InChI is InChI=1S/C23H16ClNO3/c1-27-22-13-16(12-19(15-25)17-6-3-2-4-7-17)10-11-21(22)28-23(26)18-8-5-9-20(24)14-18/h2-14H,1H3/b19-12+. The summed E-state index contributed by atoms with van der Waals surface area (Å²) in [4.78, 5) is 12.3. The minimum Gasteiger partial charge on any atom is -0.493 e. The van der Waals surface area contributed by atoms with Crippen LogP contribution in [0.2, 0.25) is 5.02 Å². The van der Waals surface area contributed by atoms with Crippen molar-refractivity contribution in [3.05, 3.63) is 94.5 Å². The highest BCUT2D eigenvalue weighted by Crippen LogP contribution is 2.30. The van der Waals surface area contributed by atoms with E-state index in [2.05, 4.69) is 6.07 Å². The topological polar surface area (TPSA) is 59.3 Å². The molecule has 0 unspecified atom stereocenters. The van der Waals surface area contributed by atoms with Crippen molar-refractivity contribution in [1.29, 1.82) is 5.26 Å². The van der Waals surface area contributed by atoms with Crippen LogP contribution in [0.1, 0.15) is 21.5 Å². The third kappa shape index (κ3) is 4.59. The number of nitrogens with zero attached hydrogens (tertiary/aromatic N) is 1. The smallest absolute Gasteiger partial charge is 0.343 e. The second-order valence-electron chi connectivity index (χ2n) is 5.85. The number of carbonyl (C=O) groups excluding carboxylic acids is 1. The van der Waals surface area contributed by atoms with Gasteiger partial charge in [0, 0.05) is 5.02 Å². The van der Waals surface area contributed by atoms with Crippen molar-refractivity contribution in [2.24, 2.45) is 0 Å². The molecule has 0 saturated heterocycles. The van der Waals surface area contributed by atoms with Crippen molar-refractivity contribution in [2.45, 2.75) is 0 Å². The van der Waals surface area contributed by atoms with Gasteiger partial charge in [0.05, 0.1) is 24.3 Å². The number of carbonyl (C=O) groups is 1. The second kappa shape index (κ2) is 8.90. The Kier molecular flexibility index (Phi) is 6.11. The van der Waals surface area contributed by atoms with Crippen LogP contribution in [0, 0.1) is 11.3 Å². The predicted molar refractivity (Wildman–Crippen MR) is 109 cm³/mol. The Morgan fingerprint density at radius 3 is 2.39 bits per heavy atom. The van der Waals surface area contributed by atoms with Crippen LogP contribution in [0.4, 0.5) is 0 Å². The van der Waals surface area contributed by atoms with E-state index in [1.807, 2.05) is 30.3 Å². The molecule has 0 spiro atoms. The van der Waals surface area contributed by atoms with E-state index in [-0.39, 0.29) is 5.75 Å². The van der Waals surface area contributed by atoms with E-state index >= 15 is 0 Å². The number of esters is 1. The highest BCUT2D eigenvalue weighted by molar-refractivity contribution is 6.30. The van der Waals surface area contributed by atoms with Gasteiger partial charge in [-0.3, -0.25) is 0 Å². The zero-order valence-corrected chi connectivity index (χ0v) is 15.8. The first-order valence-electron chi connectivity index (χ1n) is 8.43. The van der Waals surface area contributed by atoms with Gasteiger partial charge in [-0.05, 0) is 47.5 Å². The van der Waals surface area contributed by atoms with E-state index in [9.17, 15) is 10.1 Å². The van der Waals surface area contributed by atoms with Gasteiger partial charge in [-0.2, -0.15) is 5.26 Å². The van der Waals surface area contributed by atoms with Gasteiger partial charge < -0.3 is 9.47 Å². The molecule has 0 saturated carbocycles. The number of nitriles is 1. The molecule has 0 fully saturated rings. The van der Waals surface area contributed by atoms with E-state index in [0.717, 1.165) is 11.1 Å². The Morgan fingerprint density at radius 1 is 0.964 bits per heavy atom. The van der Waals surface area contributed by atoms with Crippen LogP contribution in [0.3, 0.4) is 0 Å². The third-order valence-corrected chi connectivity index (χ3v) is 4.20. The summed E-state index contributed by atoms with van der Waals surface area (Å²) in [7, 11) is 1.49. The Labute approximate surface area is 168 Å². The Hall–Kier alpha value is -3.55. The fourth-order valence-electron chi connectivity index (χ4n) is 2.60. The summed E-state index contributed by atoms with van der Waals surface area (Å²) in [5, 5.41) is 9.91. The summed E-state index contributed by atoms with van der Waals surface area (Å²) in [6, 6.07) is 23.2. The van der Waals surface area contributed by atoms with Gasteiger partial charge in [-0.25, -0.2) is 4.79 Å². The van der Waals surface area contributed by atoms with E-state index in [4.69, 9.17) is 21.1 Å². The predicted octanol–water partition coefficient (Wildman–Crippen LogP) is 5.63. The number of methoxy groups -OCH3 is 1. The zero-order chi connectivity index (χ0) is 19.9. The Morgan fingerprint density at radius 2 is 1.71 bits per heavy atom. The van der Waals surface area contributed by atoms with E-state index < -0.39 is 5.97 Å². The molecule has 138 valence electrons. The second-order valence-corrected chi connectivity index (χ2v) is 6.28. The highest BCUT2D eigenvalue weighted by atomic mass is 35.5. The van der Waals surface area contributed by atoms with Crippen molar-refractivity contribution >= 4 is 29.2 Å². The molecule has 0 N–H and O–H groups in total. The van der Waals surface area contributed by atoms with Gasteiger partial charge in [0.15, 0.2) is 11.5 Å². The number of rotatable bonds is 5. The zero-order valence-electron chi connectivity index (χ0n) is 15.1. The lowest BCUT2D eigenvalue weighted by molar-refractivity contribution is 0.0729. The van der Waals surface area contributed by atoms with E-state index in [1.54, 1.807) is 42.5 Å². The van der Waals surface area contributed by atoms with Crippen molar-refractivity contribution in [3.8, 4) is 17.6 Å². The van der Waals surface area contributed by atoms with Crippen molar-refractivity contribution in [2.75, 3.05) is 7.11 Å². The van der Waals surface area contributed by atoms with Gasteiger partial charge in [0.1, 0.15) is 0 Å². The summed E-state index contributed by atoms with van der Waals surface area (Å²) in [6.45, 7) is 0. The third-order valence-electron chi connectivity index (χ3n) is 3.97. The number of benzene rings is 3. The quantitative estimate of drug-likeness (QED) is 0.245. The molecule has 0 aliphatic heterocycles. The summed E-state index contributed by atoms with van der Waals surface area (Å²) in [6.07, 6.45) is 1.75. The number of hydrogen-bond donors (Lipinski definition) is 0.